The van der Waals surface area contributed by atoms with Gasteiger partial charge in [-0.1, -0.05) is 102 Å². The molecular weight excluding hydrogens is 440 g/mol. The minimum Gasteiger partial charge on any atom is -0.299 e. The third-order valence-corrected chi connectivity index (χ3v) is 12.7. The van der Waals surface area contributed by atoms with Crippen molar-refractivity contribution < 1.29 is 9.59 Å². The zero-order valence-corrected chi connectivity index (χ0v) is 22.9. The van der Waals surface area contributed by atoms with E-state index in [9.17, 15) is 9.59 Å². The number of ketones is 2. The highest BCUT2D eigenvalue weighted by atomic mass is 16.1. The summed E-state index contributed by atoms with van der Waals surface area (Å²) in [6.45, 7) is 13.8. The van der Waals surface area contributed by atoms with Gasteiger partial charge in [-0.2, -0.15) is 0 Å². The zero-order valence-electron chi connectivity index (χ0n) is 22.9. The lowest BCUT2D eigenvalue weighted by atomic mass is 9.60. The Balaban J connectivity index is 1.57. The molecular formula is C34H42O2. The van der Waals surface area contributed by atoms with Crippen molar-refractivity contribution in [1.82, 2.24) is 0 Å². The number of carbonyl (C=O) groups is 2. The Morgan fingerprint density at radius 1 is 0.583 bits per heavy atom. The van der Waals surface area contributed by atoms with E-state index in [4.69, 9.17) is 0 Å². The van der Waals surface area contributed by atoms with Gasteiger partial charge in [-0.25, -0.2) is 0 Å². The van der Waals surface area contributed by atoms with Gasteiger partial charge in [0.2, 0.25) is 0 Å². The van der Waals surface area contributed by atoms with Gasteiger partial charge in [0.15, 0.2) is 0 Å². The lowest BCUT2D eigenvalue weighted by Crippen LogP contribution is -2.41. The van der Waals surface area contributed by atoms with Gasteiger partial charge in [-0.05, 0) is 59.5 Å². The first-order chi connectivity index (χ1) is 17.0. The second-order valence-corrected chi connectivity index (χ2v) is 14.1. The fraction of sp³-hybridized carbons (Fsp3) is 0.588. The number of hydrogen-bond acceptors (Lipinski definition) is 2. The van der Waals surface area contributed by atoms with Crippen LogP contribution < -0.4 is 0 Å². The van der Waals surface area contributed by atoms with Crippen LogP contribution >= 0.6 is 0 Å². The van der Waals surface area contributed by atoms with E-state index in [0.717, 1.165) is 25.7 Å². The summed E-state index contributed by atoms with van der Waals surface area (Å²) in [6.07, 6.45) is 4.20. The van der Waals surface area contributed by atoms with Crippen LogP contribution in [0.1, 0.15) is 90.2 Å². The largest absolute Gasteiger partial charge is 0.299 e. The number of fused-ring (bicyclic) bond motifs is 4. The van der Waals surface area contributed by atoms with Gasteiger partial charge >= 0.3 is 0 Å². The highest BCUT2D eigenvalue weighted by molar-refractivity contribution is 5.94. The van der Waals surface area contributed by atoms with Crippen LogP contribution in [0.15, 0.2) is 60.7 Å². The Labute approximate surface area is 217 Å². The normalized spacial score (nSPS) is 39.5. The van der Waals surface area contributed by atoms with Crippen molar-refractivity contribution in [1.29, 1.82) is 0 Å². The Hall–Kier alpha value is -2.22. The molecule has 2 aromatic rings. The maximum Gasteiger partial charge on any atom is 0.143 e. The summed E-state index contributed by atoms with van der Waals surface area (Å²) in [6, 6.07) is 21.5. The Kier molecular flexibility index (Phi) is 5.13. The lowest BCUT2D eigenvalue weighted by molar-refractivity contribution is -0.135. The molecule has 0 radical (unpaired) electrons. The van der Waals surface area contributed by atoms with Crippen LogP contribution in [0, 0.1) is 45.3 Å². The minimum absolute atomic E-state index is 0.0141. The maximum atomic E-state index is 14.4. The third-order valence-electron chi connectivity index (χ3n) is 12.7. The standard InChI is InChI=1S/C34H42O2/c1-31(2)23-17-19-33(31,5)29(35)27(23)25(21-13-9-7-10-14-21)26(22-15-11-8-12-16-22)28-24-18-20-34(6,30(28)36)32(24,3)4/h7-16,23-28H,17-20H2,1-6H3/t23-,24-,25-,26-,27-,28-,33+,34+/m1/s1. The SMILES string of the molecule is CC1(C)[C@@H]2CC[C@@]1(C)C(=O)[C@H]2[C@H](c1ccccc1)[C@@H](c1ccccc1)[C@@H]1C(=O)[C@]2(C)CC[C@H]1C2(C)C. The molecule has 2 aromatic carbocycles. The van der Waals surface area contributed by atoms with Gasteiger partial charge in [0.25, 0.3) is 0 Å². The van der Waals surface area contributed by atoms with Crippen LogP contribution in [-0.2, 0) is 9.59 Å². The molecule has 4 aliphatic carbocycles. The van der Waals surface area contributed by atoms with E-state index >= 15 is 0 Å². The Bertz CT molecular complexity index is 1100. The first-order valence-corrected chi connectivity index (χ1v) is 14.2. The molecule has 4 bridgehead atoms. The highest BCUT2D eigenvalue weighted by Gasteiger charge is 2.71. The van der Waals surface area contributed by atoms with Crippen LogP contribution in [0.5, 0.6) is 0 Å². The van der Waals surface area contributed by atoms with Gasteiger partial charge in [0, 0.05) is 34.5 Å². The van der Waals surface area contributed by atoms with Crippen molar-refractivity contribution in [2.75, 3.05) is 0 Å². The van der Waals surface area contributed by atoms with Crippen molar-refractivity contribution in [2.24, 2.45) is 45.3 Å². The number of rotatable bonds is 5. The molecule has 0 unspecified atom stereocenters. The van der Waals surface area contributed by atoms with E-state index in [2.05, 4.69) is 102 Å². The van der Waals surface area contributed by atoms with Crippen molar-refractivity contribution in [3.05, 3.63) is 71.8 Å². The quantitative estimate of drug-likeness (QED) is 0.435. The van der Waals surface area contributed by atoms with E-state index in [-0.39, 0.29) is 45.3 Å². The predicted octanol–water partition coefficient (Wildman–Crippen LogP) is 7.84. The molecule has 36 heavy (non-hydrogen) atoms. The molecule has 4 fully saturated rings. The van der Waals surface area contributed by atoms with E-state index in [0.29, 0.717) is 23.4 Å². The number of benzene rings is 2. The van der Waals surface area contributed by atoms with Gasteiger partial charge in [0.1, 0.15) is 11.6 Å². The second kappa shape index (κ2) is 7.65. The van der Waals surface area contributed by atoms with Crippen LogP contribution in [0.25, 0.3) is 0 Å². The van der Waals surface area contributed by atoms with E-state index in [1.807, 2.05) is 0 Å². The highest BCUT2D eigenvalue weighted by Crippen LogP contribution is 2.73. The Morgan fingerprint density at radius 3 is 1.19 bits per heavy atom. The zero-order chi connectivity index (χ0) is 25.7. The molecule has 4 saturated carbocycles. The topological polar surface area (TPSA) is 34.1 Å². The summed E-state index contributed by atoms with van der Waals surface area (Å²) in [5.74, 6) is 1.52. The second-order valence-electron chi connectivity index (χ2n) is 14.1. The molecule has 8 atom stereocenters. The molecule has 2 nitrogen and oxygen atoms in total. The Morgan fingerprint density at radius 2 is 0.917 bits per heavy atom. The van der Waals surface area contributed by atoms with Gasteiger partial charge < -0.3 is 0 Å². The van der Waals surface area contributed by atoms with E-state index in [1.165, 1.54) is 11.1 Å². The van der Waals surface area contributed by atoms with Gasteiger partial charge in [-0.3, -0.25) is 9.59 Å². The molecule has 190 valence electrons. The van der Waals surface area contributed by atoms with E-state index in [1.54, 1.807) is 0 Å². The minimum atomic E-state index is -0.277. The molecule has 2 heteroatoms. The summed E-state index contributed by atoms with van der Waals surface area (Å²) in [5, 5.41) is 0. The number of hydrogen-bond donors (Lipinski definition) is 0. The summed E-state index contributed by atoms with van der Waals surface area (Å²) in [4.78, 5) is 28.8. The van der Waals surface area contributed by atoms with Crippen molar-refractivity contribution >= 4 is 11.6 Å². The molecule has 0 aliphatic heterocycles. The fourth-order valence-corrected chi connectivity index (χ4v) is 9.77. The van der Waals surface area contributed by atoms with Crippen LogP contribution in [0.4, 0.5) is 0 Å². The van der Waals surface area contributed by atoms with Crippen molar-refractivity contribution in [3.8, 4) is 0 Å². The number of carbonyl (C=O) groups excluding carboxylic acids is 2. The summed E-state index contributed by atoms with van der Waals surface area (Å²) >= 11 is 0. The third kappa shape index (κ3) is 2.80. The molecule has 0 saturated heterocycles. The molecule has 6 rings (SSSR count). The molecule has 0 N–H and O–H groups in total. The predicted molar refractivity (Wildman–Crippen MR) is 145 cm³/mol. The van der Waals surface area contributed by atoms with Crippen molar-refractivity contribution in [3.63, 3.8) is 0 Å². The van der Waals surface area contributed by atoms with E-state index < -0.39 is 0 Å². The molecule has 0 aromatic heterocycles. The first kappa shape index (κ1) is 24.1. The lowest BCUT2D eigenvalue weighted by Gasteiger charge is -2.42. The average Bonchev–Trinajstić information content (AvgIpc) is 3.35. The molecule has 4 aliphatic rings. The summed E-state index contributed by atoms with van der Waals surface area (Å²) in [5.41, 5.74) is 1.87. The molecule has 0 amide bonds. The number of Topliss-reactive ketones (excluding diaryl/α,β-unsaturated/α-hetero) is 2. The van der Waals surface area contributed by atoms with Crippen LogP contribution in [-0.4, -0.2) is 11.6 Å². The van der Waals surface area contributed by atoms with Gasteiger partial charge in [-0.15, -0.1) is 0 Å². The maximum absolute atomic E-state index is 14.4. The van der Waals surface area contributed by atoms with Crippen molar-refractivity contribution in [2.45, 2.75) is 79.1 Å². The monoisotopic (exact) mass is 482 g/mol. The molecule has 0 heterocycles. The van der Waals surface area contributed by atoms with Crippen LogP contribution in [0.2, 0.25) is 0 Å². The fourth-order valence-electron chi connectivity index (χ4n) is 9.77. The smallest absolute Gasteiger partial charge is 0.143 e. The summed E-state index contributed by atoms with van der Waals surface area (Å²) < 4.78 is 0. The average molecular weight is 483 g/mol. The first-order valence-electron chi connectivity index (χ1n) is 14.2. The molecule has 0 spiro atoms. The van der Waals surface area contributed by atoms with Gasteiger partial charge in [0.05, 0.1) is 0 Å². The van der Waals surface area contributed by atoms with Crippen LogP contribution in [0.3, 0.4) is 0 Å². The summed E-state index contributed by atoms with van der Waals surface area (Å²) in [7, 11) is 0.